The molecule has 4 aromatic carbocycles. The second-order valence-electron chi connectivity index (χ2n) is 7.47. The monoisotopic (exact) mass is 442 g/mol. The molecule has 4 aromatic rings. The van der Waals surface area contributed by atoms with Crippen molar-refractivity contribution < 1.29 is 14.2 Å². The number of benzene rings is 4. The predicted octanol–water partition coefficient (Wildman–Crippen LogP) is 6.55. The van der Waals surface area contributed by atoms with Gasteiger partial charge in [0.05, 0.1) is 26.5 Å². The third kappa shape index (κ3) is 3.74. The third-order valence-corrected chi connectivity index (χ3v) is 6.75. The van der Waals surface area contributed by atoms with E-state index in [1.54, 1.807) is 21.3 Å². The Hall–Kier alpha value is -3.29. The fraction of sp³-hybridized carbons (Fsp3) is 0.143. The standard InChI is InChI=1S/C28H27O3P/c1-29-24-19-23(25(20-13-7-4-8-14-20)27(31-3)26(24)30-2)28(32,21-15-9-5-10-16-21)22-17-11-6-12-18-22/h4-19H,32H2,1-3H3. The van der Waals surface area contributed by atoms with Crippen molar-refractivity contribution in [1.29, 1.82) is 0 Å². The van der Waals surface area contributed by atoms with Crippen LogP contribution in [-0.2, 0) is 5.16 Å². The molecule has 0 aliphatic carbocycles. The van der Waals surface area contributed by atoms with Gasteiger partial charge in [0, 0.05) is 5.56 Å². The Kier molecular flexibility index (Phi) is 6.48. The molecular weight excluding hydrogens is 415 g/mol. The van der Waals surface area contributed by atoms with Crippen molar-refractivity contribution in [3.8, 4) is 28.4 Å². The number of hydrogen-bond donors (Lipinski definition) is 0. The van der Waals surface area contributed by atoms with E-state index in [2.05, 4.69) is 76.0 Å². The Morgan fingerprint density at radius 2 is 1.06 bits per heavy atom. The van der Waals surface area contributed by atoms with Gasteiger partial charge in [-0.25, -0.2) is 0 Å². The SMILES string of the molecule is COc1cc(C(P)(c2ccccc2)c2ccccc2)c(-c2ccccc2)c(OC)c1OC. The lowest BCUT2D eigenvalue weighted by atomic mass is 9.79. The van der Waals surface area contributed by atoms with Gasteiger partial charge in [0.1, 0.15) is 0 Å². The van der Waals surface area contributed by atoms with E-state index in [9.17, 15) is 0 Å². The van der Waals surface area contributed by atoms with Crippen LogP contribution in [0.1, 0.15) is 16.7 Å². The zero-order chi connectivity index (χ0) is 22.6. The second-order valence-corrected chi connectivity index (χ2v) is 8.34. The molecule has 0 aliphatic rings. The van der Waals surface area contributed by atoms with Gasteiger partial charge in [0.25, 0.3) is 0 Å². The molecule has 32 heavy (non-hydrogen) atoms. The Bertz CT molecular complexity index is 1140. The maximum atomic E-state index is 5.96. The first-order chi connectivity index (χ1) is 15.6. The van der Waals surface area contributed by atoms with E-state index in [-0.39, 0.29) is 0 Å². The van der Waals surface area contributed by atoms with E-state index in [0.717, 1.165) is 27.8 Å². The summed E-state index contributed by atoms with van der Waals surface area (Å²) in [5.74, 6) is 1.84. The third-order valence-electron chi connectivity index (χ3n) is 5.78. The summed E-state index contributed by atoms with van der Waals surface area (Å²) in [6.45, 7) is 0. The zero-order valence-electron chi connectivity index (χ0n) is 18.5. The van der Waals surface area contributed by atoms with Crippen LogP contribution in [0.5, 0.6) is 17.2 Å². The summed E-state index contributed by atoms with van der Waals surface area (Å²) >= 11 is 0. The van der Waals surface area contributed by atoms with Gasteiger partial charge in [-0.1, -0.05) is 91.0 Å². The number of rotatable bonds is 7. The summed E-state index contributed by atoms with van der Waals surface area (Å²) in [5.41, 5.74) is 5.33. The lowest BCUT2D eigenvalue weighted by Crippen LogP contribution is -2.23. The van der Waals surface area contributed by atoms with Gasteiger partial charge in [-0.2, -0.15) is 0 Å². The highest BCUT2D eigenvalue weighted by molar-refractivity contribution is 7.19. The average Bonchev–Trinajstić information content (AvgIpc) is 2.88. The summed E-state index contributed by atoms with van der Waals surface area (Å²) in [7, 11) is 8.07. The van der Waals surface area contributed by atoms with E-state index >= 15 is 0 Å². The Morgan fingerprint density at radius 3 is 1.50 bits per heavy atom. The first-order valence-corrected chi connectivity index (χ1v) is 11.0. The molecule has 0 N–H and O–H groups in total. The Morgan fingerprint density at radius 1 is 0.594 bits per heavy atom. The molecule has 0 amide bonds. The fourth-order valence-corrected chi connectivity index (χ4v) is 4.85. The maximum absolute atomic E-state index is 5.96. The minimum Gasteiger partial charge on any atom is -0.493 e. The van der Waals surface area contributed by atoms with Crippen LogP contribution in [0.2, 0.25) is 0 Å². The summed E-state index contributed by atoms with van der Waals surface area (Å²) in [6, 6.07) is 33.3. The second kappa shape index (κ2) is 9.46. The van der Waals surface area contributed by atoms with Crippen molar-refractivity contribution in [1.82, 2.24) is 0 Å². The van der Waals surface area contributed by atoms with Crippen LogP contribution in [0.4, 0.5) is 0 Å². The maximum Gasteiger partial charge on any atom is 0.203 e. The minimum atomic E-state index is -0.555. The molecule has 3 nitrogen and oxygen atoms in total. The largest absolute Gasteiger partial charge is 0.493 e. The highest BCUT2D eigenvalue weighted by Gasteiger charge is 2.37. The Labute approximate surface area is 192 Å². The van der Waals surface area contributed by atoms with Crippen molar-refractivity contribution in [3.05, 3.63) is 114 Å². The first kappa shape index (κ1) is 21.9. The van der Waals surface area contributed by atoms with Crippen LogP contribution < -0.4 is 14.2 Å². The van der Waals surface area contributed by atoms with Crippen LogP contribution in [0.25, 0.3) is 11.1 Å². The topological polar surface area (TPSA) is 27.7 Å². The molecule has 0 heterocycles. The molecule has 0 saturated carbocycles. The molecule has 4 heteroatoms. The van der Waals surface area contributed by atoms with Crippen molar-refractivity contribution in [2.75, 3.05) is 21.3 Å². The smallest absolute Gasteiger partial charge is 0.203 e. The predicted molar refractivity (Wildman–Crippen MR) is 134 cm³/mol. The molecule has 1 atom stereocenters. The minimum absolute atomic E-state index is 0.555. The van der Waals surface area contributed by atoms with E-state index in [4.69, 9.17) is 14.2 Å². The molecule has 0 saturated heterocycles. The molecule has 4 rings (SSSR count). The summed E-state index contributed by atoms with van der Waals surface area (Å²) in [6.07, 6.45) is 0. The van der Waals surface area contributed by atoms with E-state index < -0.39 is 5.16 Å². The van der Waals surface area contributed by atoms with Gasteiger partial charge in [-0.3, -0.25) is 0 Å². The molecular formula is C28H27O3P. The summed E-state index contributed by atoms with van der Waals surface area (Å²) in [5, 5.41) is -0.555. The quantitative estimate of drug-likeness (QED) is 0.240. The van der Waals surface area contributed by atoms with Crippen LogP contribution in [0.15, 0.2) is 97.1 Å². The average molecular weight is 442 g/mol. The number of methoxy groups -OCH3 is 3. The lowest BCUT2D eigenvalue weighted by Gasteiger charge is -2.35. The number of ether oxygens (including phenoxy) is 3. The fourth-order valence-electron chi connectivity index (χ4n) is 4.24. The van der Waals surface area contributed by atoms with Crippen molar-refractivity contribution in [3.63, 3.8) is 0 Å². The van der Waals surface area contributed by atoms with Gasteiger partial charge in [0.2, 0.25) is 5.75 Å². The van der Waals surface area contributed by atoms with E-state index in [0.29, 0.717) is 17.2 Å². The molecule has 0 fully saturated rings. The highest BCUT2D eigenvalue weighted by Crippen LogP contribution is 2.55. The molecule has 0 aliphatic heterocycles. The summed E-state index contributed by atoms with van der Waals surface area (Å²) < 4.78 is 17.5. The highest BCUT2D eigenvalue weighted by atomic mass is 31.0. The molecule has 0 spiro atoms. The van der Waals surface area contributed by atoms with Crippen LogP contribution in [0, 0.1) is 0 Å². The van der Waals surface area contributed by atoms with Gasteiger partial charge < -0.3 is 14.2 Å². The first-order valence-electron chi connectivity index (χ1n) is 10.4. The molecule has 162 valence electrons. The van der Waals surface area contributed by atoms with E-state index in [1.807, 2.05) is 30.3 Å². The van der Waals surface area contributed by atoms with Gasteiger partial charge >= 0.3 is 0 Å². The molecule has 0 bridgehead atoms. The van der Waals surface area contributed by atoms with Crippen molar-refractivity contribution >= 4 is 9.24 Å². The van der Waals surface area contributed by atoms with Crippen LogP contribution >= 0.6 is 9.24 Å². The van der Waals surface area contributed by atoms with E-state index in [1.165, 1.54) is 0 Å². The molecule has 0 radical (unpaired) electrons. The van der Waals surface area contributed by atoms with Crippen molar-refractivity contribution in [2.45, 2.75) is 5.16 Å². The lowest BCUT2D eigenvalue weighted by molar-refractivity contribution is 0.324. The molecule has 0 aromatic heterocycles. The van der Waals surface area contributed by atoms with Crippen LogP contribution in [0.3, 0.4) is 0 Å². The normalized spacial score (nSPS) is 11.1. The number of hydrogen-bond acceptors (Lipinski definition) is 3. The van der Waals surface area contributed by atoms with Gasteiger partial charge in [-0.05, 0) is 28.3 Å². The molecule has 1 unspecified atom stereocenters. The van der Waals surface area contributed by atoms with Gasteiger partial charge in [-0.15, -0.1) is 9.24 Å². The zero-order valence-corrected chi connectivity index (χ0v) is 19.7. The van der Waals surface area contributed by atoms with Gasteiger partial charge in [0.15, 0.2) is 11.5 Å². The van der Waals surface area contributed by atoms with Crippen molar-refractivity contribution in [2.24, 2.45) is 0 Å². The Balaban J connectivity index is 2.17. The van der Waals surface area contributed by atoms with Crippen LogP contribution in [-0.4, -0.2) is 21.3 Å². The summed E-state index contributed by atoms with van der Waals surface area (Å²) in [4.78, 5) is 0.